The molecule has 0 unspecified atom stereocenters. The number of nitrogens with one attached hydrogen (secondary N) is 3. The van der Waals surface area contributed by atoms with Crippen LogP contribution in [0, 0.1) is 17.4 Å². The SMILES string of the molecule is COc1ccc(CCNC(=O)C(=O)N/N=C\c2cc(I)c(OCC(=O)Nc3c(C)cccc3C)c(OC)c2)cc1OC. The van der Waals surface area contributed by atoms with E-state index in [-0.39, 0.29) is 19.1 Å². The first-order valence-electron chi connectivity index (χ1n) is 12.8. The second-order valence-corrected chi connectivity index (χ2v) is 10.2. The Morgan fingerprint density at radius 2 is 1.57 bits per heavy atom. The number of hydrazone groups is 1. The summed E-state index contributed by atoms with van der Waals surface area (Å²) >= 11 is 2.06. The van der Waals surface area contributed by atoms with Crippen LogP contribution >= 0.6 is 22.6 Å². The van der Waals surface area contributed by atoms with Crippen molar-refractivity contribution in [3.05, 3.63) is 74.4 Å². The molecule has 0 saturated carbocycles. The minimum atomic E-state index is -0.907. The number of benzene rings is 3. The van der Waals surface area contributed by atoms with E-state index < -0.39 is 11.8 Å². The lowest BCUT2D eigenvalue weighted by atomic mass is 10.1. The fourth-order valence-corrected chi connectivity index (χ4v) is 4.71. The quantitative estimate of drug-likeness (QED) is 0.114. The second kappa shape index (κ2) is 15.6. The van der Waals surface area contributed by atoms with Crippen molar-refractivity contribution in [3.8, 4) is 23.0 Å². The highest BCUT2D eigenvalue weighted by Gasteiger charge is 2.15. The van der Waals surface area contributed by atoms with Gasteiger partial charge in [0, 0.05) is 12.2 Å². The molecule has 0 saturated heterocycles. The van der Waals surface area contributed by atoms with Gasteiger partial charge in [0.1, 0.15) is 0 Å². The van der Waals surface area contributed by atoms with Crippen LogP contribution in [0.1, 0.15) is 22.3 Å². The molecule has 0 fully saturated rings. The molecule has 0 spiro atoms. The first kappa shape index (κ1) is 32.2. The van der Waals surface area contributed by atoms with Gasteiger partial charge >= 0.3 is 11.8 Å². The summed E-state index contributed by atoms with van der Waals surface area (Å²) in [6.45, 7) is 3.87. The molecular weight excluding hydrogens is 655 g/mol. The fraction of sp³-hybridized carbons (Fsp3) is 0.267. The van der Waals surface area contributed by atoms with Crippen LogP contribution in [-0.2, 0) is 20.8 Å². The van der Waals surface area contributed by atoms with E-state index in [1.165, 1.54) is 13.3 Å². The average Bonchev–Trinajstić information content (AvgIpc) is 2.97. The van der Waals surface area contributed by atoms with E-state index in [1.54, 1.807) is 32.4 Å². The zero-order valence-corrected chi connectivity index (χ0v) is 26.2. The predicted octanol–water partition coefficient (Wildman–Crippen LogP) is 3.76. The molecule has 0 aliphatic heterocycles. The molecule has 3 aromatic rings. The summed E-state index contributed by atoms with van der Waals surface area (Å²) in [5.41, 5.74) is 6.37. The van der Waals surface area contributed by atoms with Crippen LogP contribution in [0.3, 0.4) is 0 Å². The number of nitrogens with zero attached hydrogens (tertiary/aromatic N) is 1. The standard InChI is InChI=1S/C30H33IN4O7/c1-18-7-6-8-19(2)27(18)34-26(36)17-42-28-22(31)13-21(15-25(28)41-5)16-33-35-30(38)29(37)32-12-11-20-9-10-23(39-3)24(14-20)40-4/h6-10,13-16H,11-12,17H2,1-5H3,(H,32,37)(H,34,36)(H,35,38)/b33-16-. The van der Waals surface area contributed by atoms with Crippen molar-refractivity contribution in [2.45, 2.75) is 20.3 Å². The number of hydrogen-bond donors (Lipinski definition) is 3. The maximum atomic E-state index is 12.5. The average molecular weight is 689 g/mol. The van der Waals surface area contributed by atoms with Gasteiger partial charge in [-0.05, 0) is 89.4 Å². The second-order valence-electron chi connectivity index (χ2n) is 9.03. The molecule has 0 heterocycles. The van der Waals surface area contributed by atoms with Crippen molar-refractivity contribution >= 4 is 52.2 Å². The largest absolute Gasteiger partial charge is 0.493 e. The molecule has 3 aromatic carbocycles. The summed E-state index contributed by atoms with van der Waals surface area (Å²) in [4.78, 5) is 36.9. The van der Waals surface area contributed by atoms with Crippen molar-refractivity contribution in [1.82, 2.24) is 10.7 Å². The summed E-state index contributed by atoms with van der Waals surface area (Å²) in [5, 5.41) is 9.32. The molecule has 3 N–H and O–H groups in total. The van der Waals surface area contributed by atoms with E-state index in [9.17, 15) is 14.4 Å². The van der Waals surface area contributed by atoms with E-state index >= 15 is 0 Å². The maximum absolute atomic E-state index is 12.5. The van der Waals surface area contributed by atoms with Crippen LogP contribution < -0.4 is 35.0 Å². The number of halogens is 1. The lowest BCUT2D eigenvalue weighted by Crippen LogP contribution is -2.38. The molecule has 0 aliphatic rings. The summed E-state index contributed by atoms with van der Waals surface area (Å²) in [6.07, 6.45) is 1.86. The summed E-state index contributed by atoms with van der Waals surface area (Å²) in [5.74, 6) is -0.0722. The minimum absolute atomic E-state index is 0.218. The maximum Gasteiger partial charge on any atom is 0.329 e. The van der Waals surface area contributed by atoms with Crippen LogP contribution in [0.4, 0.5) is 5.69 Å². The highest BCUT2D eigenvalue weighted by molar-refractivity contribution is 14.1. The van der Waals surface area contributed by atoms with E-state index in [1.807, 2.05) is 44.2 Å². The molecule has 0 aliphatic carbocycles. The number of ether oxygens (including phenoxy) is 4. The topological polar surface area (TPSA) is 137 Å². The Kier molecular flexibility index (Phi) is 12.0. The summed E-state index contributed by atoms with van der Waals surface area (Å²) < 4.78 is 22.4. The molecule has 222 valence electrons. The van der Waals surface area contributed by atoms with E-state index in [0.717, 1.165) is 22.4 Å². The number of anilines is 1. The van der Waals surface area contributed by atoms with Gasteiger partial charge < -0.3 is 29.6 Å². The smallest absolute Gasteiger partial charge is 0.329 e. The van der Waals surface area contributed by atoms with Crippen LogP contribution in [0.2, 0.25) is 0 Å². The number of aryl methyl sites for hydroxylation is 2. The Labute approximate surface area is 258 Å². The molecular formula is C30H33IN4O7. The van der Waals surface area contributed by atoms with Crippen molar-refractivity contribution in [2.24, 2.45) is 5.10 Å². The number of carbonyl (C=O) groups excluding carboxylic acids is 3. The number of carbonyl (C=O) groups is 3. The molecule has 3 rings (SSSR count). The normalized spacial score (nSPS) is 10.6. The monoisotopic (exact) mass is 688 g/mol. The highest BCUT2D eigenvalue weighted by atomic mass is 127. The van der Waals surface area contributed by atoms with Gasteiger partial charge in [0.15, 0.2) is 29.6 Å². The Hall–Kier alpha value is -4.33. The number of para-hydroxylation sites is 1. The van der Waals surface area contributed by atoms with Crippen molar-refractivity contribution < 1.29 is 33.3 Å². The molecule has 0 bridgehead atoms. The minimum Gasteiger partial charge on any atom is -0.493 e. The molecule has 0 aromatic heterocycles. The van der Waals surface area contributed by atoms with Gasteiger partial charge in [-0.3, -0.25) is 14.4 Å². The van der Waals surface area contributed by atoms with Crippen molar-refractivity contribution in [3.63, 3.8) is 0 Å². The van der Waals surface area contributed by atoms with Gasteiger partial charge in [-0.1, -0.05) is 24.3 Å². The first-order valence-corrected chi connectivity index (χ1v) is 13.9. The molecule has 42 heavy (non-hydrogen) atoms. The van der Waals surface area contributed by atoms with Gasteiger partial charge in [0.2, 0.25) is 0 Å². The Morgan fingerprint density at radius 1 is 0.881 bits per heavy atom. The van der Waals surface area contributed by atoms with Crippen molar-refractivity contribution in [2.75, 3.05) is 39.8 Å². The van der Waals surface area contributed by atoms with Crippen molar-refractivity contribution in [1.29, 1.82) is 0 Å². The number of methoxy groups -OCH3 is 3. The molecule has 3 amide bonds. The third kappa shape index (κ3) is 8.83. The lowest BCUT2D eigenvalue weighted by molar-refractivity contribution is -0.139. The zero-order chi connectivity index (χ0) is 30.6. The summed E-state index contributed by atoms with van der Waals surface area (Å²) in [7, 11) is 4.57. The van der Waals surface area contributed by atoms with E-state index in [4.69, 9.17) is 18.9 Å². The van der Waals surface area contributed by atoms with Gasteiger partial charge in [0.25, 0.3) is 5.91 Å². The Morgan fingerprint density at radius 3 is 2.24 bits per heavy atom. The van der Waals surface area contributed by atoms with Crippen LogP contribution in [0.15, 0.2) is 53.6 Å². The van der Waals surface area contributed by atoms with Crippen LogP contribution in [0.25, 0.3) is 0 Å². The van der Waals surface area contributed by atoms with E-state index in [2.05, 4.69) is 43.8 Å². The predicted molar refractivity (Wildman–Crippen MR) is 168 cm³/mol. The van der Waals surface area contributed by atoms with Gasteiger partial charge in [-0.15, -0.1) is 0 Å². The highest BCUT2D eigenvalue weighted by Crippen LogP contribution is 2.33. The number of hydrogen-bond acceptors (Lipinski definition) is 8. The first-order chi connectivity index (χ1) is 20.2. The lowest BCUT2D eigenvalue weighted by Gasteiger charge is -2.15. The molecule has 0 atom stereocenters. The van der Waals surface area contributed by atoms with E-state index in [0.29, 0.717) is 38.6 Å². The van der Waals surface area contributed by atoms with Gasteiger partial charge in [-0.2, -0.15) is 5.10 Å². The zero-order valence-electron chi connectivity index (χ0n) is 24.0. The Balaban J connectivity index is 1.52. The third-order valence-electron chi connectivity index (χ3n) is 6.08. The molecule has 11 nitrogen and oxygen atoms in total. The third-order valence-corrected chi connectivity index (χ3v) is 6.88. The number of amides is 3. The van der Waals surface area contributed by atoms with Gasteiger partial charge in [0.05, 0.1) is 31.1 Å². The fourth-order valence-electron chi connectivity index (χ4n) is 3.93. The molecule has 0 radical (unpaired) electrons. The van der Waals surface area contributed by atoms with Crippen LogP contribution in [0.5, 0.6) is 23.0 Å². The Bertz CT molecular complexity index is 1460. The van der Waals surface area contributed by atoms with Gasteiger partial charge in [-0.25, -0.2) is 5.43 Å². The number of rotatable bonds is 12. The summed E-state index contributed by atoms with van der Waals surface area (Å²) in [6, 6.07) is 14.6. The van der Waals surface area contributed by atoms with Crippen LogP contribution in [-0.4, -0.2) is 58.4 Å². The molecule has 12 heteroatoms.